The third-order valence-electron chi connectivity index (χ3n) is 1.46. The van der Waals surface area contributed by atoms with Gasteiger partial charge < -0.3 is 5.32 Å². The van der Waals surface area contributed by atoms with Crippen LogP contribution < -0.4 is 5.32 Å². The fourth-order valence-electron chi connectivity index (χ4n) is 0.935. The highest BCUT2D eigenvalue weighted by molar-refractivity contribution is 7.10. The highest BCUT2D eigenvalue weighted by Crippen LogP contribution is 2.25. The third kappa shape index (κ3) is 1.80. The average Bonchev–Trinajstić information content (AvgIpc) is 2.18. The van der Waals surface area contributed by atoms with Gasteiger partial charge in [0.15, 0.2) is 0 Å². The van der Waals surface area contributed by atoms with Crippen LogP contribution in [0.4, 0.5) is 5.69 Å². The first-order valence-electron chi connectivity index (χ1n) is 3.43. The van der Waals surface area contributed by atoms with Crippen molar-refractivity contribution in [3.63, 3.8) is 0 Å². The van der Waals surface area contributed by atoms with Gasteiger partial charge in [-0.3, -0.25) is 4.79 Å². The van der Waals surface area contributed by atoms with Crippen LogP contribution in [0.3, 0.4) is 0 Å². The minimum Gasteiger partial charge on any atom is -0.325 e. The molecule has 60 valence electrons. The lowest BCUT2D eigenvalue weighted by Crippen LogP contribution is -2.06. The van der Waals surface area contributed by atoms with E-state index in [0.717, 1.165) is 16.1 Å². The maximum Gasteiger partial charge on any atom is 0.221 e. The van der Waals surface area contributed by atoms with Gasteiger partial charge in [-0.25, -0.2) is 0 Å². The van der Waals surface area contributed by atoms with Crippen molar-refractivity contribution in [3.05, 3.63) is 15.8 Å². The van der Waals surface area contributed by atoms with E-state index in [9.17, 15) is 4.79 Å². The predicted octanol–water partition coefficient (Wildman–Crippen LogP) is 2.32. The summed E-state index contributed by atoms with van der Waals surface area (Å²) in [6, 6.07) is 0. The van der Waals surface area contributed by atoms with Crippen molar-refractivity contribution in [1.82, 2.24) is 0 Å². The lowest BCUT2D eigenvalue weighted by Gasteiger charge is -2.01. The highest BCUT2D eigenvalue weighted by atomic mass is 32.1. The first-order valence-corrected chi connectivity index (χ1v) is 4.31. The zero-order chi connectivity index (χ0) is 8.43. The van der Waals surface area contributed by atoms with E-state index < -0.39 is 0 Å². The van der Waals surface area contributed by atoms with Crippen molar-refractivity contribution in [2.24, 2.45) is 0 Å². The quantitative estimate of drug-likeness (QED) is 0.686. The molecule has 1 rings (SSSR count). The molecule has 0 aliphatic rings. The molecule has 0 aromatic carbocycles. The Kier molecular flexibility index (Phi) is 2.29. The SMILES string of the molecule is CC(=O)Nc1c(C)csc1C. The summed E-state index contributed by atoms with van der Waals surface area (Å²) in [7, 11) is 0. The predicted molar refractivity (Wildman–Crippen MR) is 48.1 cm³/mol. The molecule has 0 saturated carbocycles. The number of hydrogen-bond donors (Lipinski definition) is 1. The molecule has 0 unspecified atom stereocenters. The molecule has 0 aliphatic heterocycles. The van der Waals surface area contributed by atoms with Crippen molar-refractivity contribution in [1.29, 1.82) is 0 Å². The van der Waals surface area contributed by atoms with E-state index in [4.69, 9.17) is 0 Å². The summed E-state index contributed by atoms with van der Waals surface area (Å²) >= 11 is 1.66. The maximum absolute atomic E-state index is 10.7. The van der Waals surface area contributed by atoms with Gasteiger partial charge in [-0.15, -0.1) is 11.3 Å². The van der Waals surface area contributed by atoms with Crippen LogP contribution in [0, 0.1) is 13.8 Å². The van der Waals surface area contributed by atoms with Gasteiger partial charge in [-0.2, -0.15) is 0 Å². The van der Waals surface area contributed by atoms with Crippen LogP contribution in [0.1, 0.15) is 17.4 Å². The minimum absolute atomic E-state index is 0.00500. The van der Waals surface area contributed by atoms with Crippen molar-refractivity contribution < 1.29 is 4.79 Å². The average molecular weight is 169 g/mol. The number of thiophene rings is 1. The van der Waals surface area contributed by atoms with Crippen LogP contribution >= 0.6 is 11.3 Å². The first kappa shape index (κ1) is 8.27. The molecule has 0 spiro atoms. The van der Waals surface area contributed by atoms with E-state index in [-0.39, 0.29) is 5.91 Å². The van der Waals surface area contributed by atoms with Crippen LogP contribution in [0.2, 0.25) is 0 Å². The number of anilines is 1. The molecule has 1 N–H and O–H groups in total. The number of nitrogens with one attached hydrogen (secondary N) is 1. The van der Waals surface area contributed by atoms with Gasteiger partial charge in [0.05, 0.1) is 5.69 Å². The van der Waals surface area contributed by atoms with Crippen LogP contribution in [0.25, 0.3) is 0 Å². The largest absolute Gasteiger partial charge is 0.325 e. The summed E-state index contributed by atoms with van der Waals surface area (Å²) in [5, 5.41) is 4.84. The molecule has 1 aromatic heterocycles. The number of rotatable bonds is 1. The van der Waals surface area contributed by atoms with Crippen LogP contribution in [0.5, 0.6) is 0 Å². The Morgan fingerprint density at radius 2 is 2.18 bits per heavy atom. The molecule has 3 heteroatoms. The summed E-state index contributed by atoms with van der Waals surface area (Å²) in [5.74, 6) is -0.00500. The smallest absolute Gasteiger partial charge is 0.221 e. The molecule has 2 nitrogen and oxygen atoms in total. The molecule has 0 saturated heterocycles. The normalized spacial score (nSPS) is 9.73. The zero-order valence-electron chi connectivity index (χ0n) is 6.89. The first-order chi connectivity index (χ1) is 5.11. The van der Waals surface area contributed by atoms with Gasteiger partial charge in [0.2, 0.25) is 5.91 Å². The van der Waals surface area contributed by atoms with Gasteiger partial charge >= 0.3 is 0 Å². The monoisotopic (exact) mass is 169 g/mol. The second-order valence-corrected chi connectivity index (χ2v) is 3.61. The van der Waals surface area contributed by atoms with Crippen molar-refractivity contribution in [2.75, 3.05) is 5.32 Å². The Hall–Kier alpha value is -0.830. The molecule has 0 radical (unpaired) electrons. The number of carbonyl (C=O) groups excluding carboxylic acids is 1. The highest BCUT2D eigenvalue weighted by Gasteiger charge is 2.04. The second-order valence-electron chi connectivity index (χ2n) is 2.53. The molecular formula is C8H11NOS. The summed E-state index contributed by atoms with van der Waals surface area (Å²) in [6.07, 6.45) is 0. The molecule has 1 heterocycles. The third-order valence-corrected chi connectivity index (χ3v) is 2.49. The summed E-state index contributed by atoms with van der Waals surface area (Å²) in [4.78, 5) is 11.9. The Balaban J connectivity index is 2.92. The van der Waals surface area contributed by atoms with Gasteiger partial charge in [0.1, 0.15) is 0 Å². The van der Waals surface area contributed by atoms with E-state index in [2.05, 4.69) is 5.32 Å². The molecule has 0 aliphatic carbocycles. The van der Waals surface area contributed by atoms with Gasteiger partial charge in [0.25, 0.3) is 0 Å². The van der Waals surface area contributed by atoms with Gasteiger partial charge in [-0.05, 0) is 24.8 Å². The molecule has 0 atom stereocenters. The lowest BCUT2D eigenvalue weighted by molar-refractivity contribution is -0.114. The molecule has 11 heavy (non-hydrogen) atoms. The van der Waals surface area contributed by atoms with Crippen molar-refractivity contribution >= 4 is 22.9 Å². The van der Waals surface area contributed by atoms with Crippen LogP contribution in [0.15, 0.2) is 5.38 Å². The summed E-state index contributed by atoms with van der Waals surface area (Å²) in [5.41, 5.74) is 2.12. The minimum atomic E-state index is -0.00500. The van der Waals surface area contributed by atoms with E-state index in [1.807, 2.05) is 19.2 Å². The molecule has 1 amide bonds. The molecular weight excluding hydrogens is 158 g/mol. The Morgan fingerprint density at radius 1 is 1.55 bits per heavy atom. The number of amides is 1. The fraction of sp³-hybridized carbons (Fsp3) is 0.375. The topological polar surface area (TPSA) is 29.1 Å². The number of hydrogen-bond acceptors (Lipinski definition) is 2. The Labute approximate surface area is 70.2 Å². The standard InChI is InChI=1S/C8H11NOS/c1-5-4-11-6(2)8(5)9-7(3)10/h4H,1-3H3,(H,9,10). The molecule has 0 fully saturated rings. The van der Waals surface area contributed by atoms with Crippen LogP contribution in [-0.4, -0.2) is 5.91 Å². The van der Waals surface area contributed by atoms with Gasteiger partial charge in [0, 0.05) is 11.8 Å². The van der Waals surface area contributed by atoms with E-state index >= 15 is 0 Å². The number of carbonyl (C=O) groups is 1. The maximum atomic E-state index is 10.7. The Morgan fingerprint density at radius 3 is 2.55 bits per heavy atom. The van der Waals surface area contributed by atoms with E-state index in [0.29, 0.717) is 0 Å². The van der Waals surface area contributed by atoms with Crippen molar-refractivity contribution in [2.45, 2.75) is 20.8 Å². The fourth-order valence-corrected chi connectivity index (χ4v) is 1.74. The summed E-state index contributed by atoms with van der Waals surface area (Å²) in [6.45, 7) is 5.52. The summed E-state index contributed by atoms with van der Waals surface area (Å²) < 4.78 is 0. The van der Waals surface area contributed by atoms with Crippen LogP contribution in [-0.2, 0) is 4.79 Å². The molecule has 0 bridgehead atoms. The lowest BCUT2D eigenvalue weighted by atomic mass is 10.3. The van der Waals surface area contributed by atoms with Crippen molar-refractivity contribution in [3.8, 4) is 0 Å². The Bertz CT molecular complexity index is 258. The van der Waals surface area contributed by atoms with E-state index in [1.165, 1.54) is 6.92 Å². The second kappa shape index (κ2) is 3.05. The molecule has 1 aromatic rings. The number of aryl methyl sites for hydroxylation is 2. The van der Waals surface area contributed by atoms with E-state index in [1.54, 1.807) is 11.3 Å². The van der Waals surface area contributed by atoms with Gasteiger partial charge in [-0.1, -0.05) is 0 Å². The zero-order valence-corrected chi connectivity index (χ0v) is 7.71.